The molecule has 0 N–H and O–H groups in total. The van der Waals surface area contributed by atoms with E-state index in [4.69, 9.17) is 0 Å². The first-order valence-electron chi connectivity index (χ1n) is 8.89. The van der Waals surface area contributed by atoms with Gasteiger partial charge < -0.3 is 4.90 Å². The molecule has 0 fully saturated rings. The van der Waals surface area contributed by atoms with Gasteiger partial charge in [0.2, 0.25) is 0 Å². The largest absolute Gasteiger partial charge is 0.333 e. The molecule has 3 aromatic rings. The van der Waals surface area contributed by atoms with E-state index in [9.17, 15) is 14.0 Å². The molecule has 28 heavy (non-hydrogen) atoms. The minimum absolute atomic E-state index is 0.138. The van der Waals surface area contributed by atoms with Gasteiger partial charge in [-0.15, -0.1) is 6.58 Å². The Morgan fingerprint density at radius 2 is 1.79 bits per heavy atom. The highest BCUT2D eigenvalue weighted by molar-refractivity contribution is 5.92. The quantitative estimate of drug-likeness (QED) is 0.594. The van der Waals surface area contributed by atoms with Crippen LogP contribution in [0, 0.1) is 5.82 Å². The van der Waals surface area contributed by atoms with Crippen molar-refractivity contribution < 1.29 is 9.18 Å². The summed E-state index contributed by atoms with van der Waals surface area (Å²) in [6, 6.07) is 17.9. The number of carbonyl (C=O) groups is 1. The van der Waals surface area contributed by atoms with Crippen molar-refractivity contribution in [3.63, 3.8) is 0 Å². The van der Waals surface area contributed by atoms with Gasteiger partial charge in [-0.3, -0.25) is 9.59 Å². The summed E-state index contributed by atoms with van der Waals surface area (Å²) in [4.78, 5) is 26.7. The third-order valence-corrected chi connectivity index (χ3v) is 4.24. The number of hydrogen-bond donors (Lipinski definition) is 0. The average molecular weight is 377 g/mol. The van der Waals surface area contributed by atoms with Gasteiger partial charge in [-0.1, -0.05) is 36.4 Å². The first-order valence-corrected chi connectivity index (χ1v) is 8.89. The van der Waals surface area contributed by atoms with Crippen LogP contribution in [0.1, 0.15) is 16.1 Å². The molecule has 1 aromatic heterocycles. The van der Waals surface area contributed by atoms with Gasteiger partial charge in [0.1, 0.15) is 11.5 Å². The van der Waals surface area contributed by atoms with Crippen LogP contribution in [-0.4, -0.2) is 33.7 Å². The molecule has 1 amide bonds. The smallest absolute Gasteiger partial charge is 0.274 e. The second kappa shape index (κ2) is 8.90. The van der Waals surface area contributed by atoms with Gasteiger partial charge in [0, 0.05) is 19.2 Å². The minimum atomic E-state index is -0.415. The zero-order chi connectivity index (χ0) is 19.9. The van der Waals surface area contributed by atoms with Crippen LogP contribution in [-0.2, 0) is 6.42 Å². The third-order valence-electron chi connectivity index (χ3n) is 4.24. The lowest BCUT2D eigenvalue weighted by Crippen LogP contribution is -2.35. The molecule has 0 spiro atoms. The van der Waals surface area contributed by atoms with Crippen molar-refractivity contribution in [2.75, 3.05) is 13.1 Å². The average Bonchev–Trinajstić information content (AvgIpc) is 2.72. The maximum absolute atomic E-state index is 13.1. The fraction of sp³-hybridized carbons (Fsp3) is 0.136. The van der Waals surface area contributed by atoms with Gasteiger partial charge in [-0.25, -0.2) is 4.39 Å². The van der Waals surface area contributed by atoms with Gasteiger partial charge in [-0.2, -0.15) is 9.78 Å². The summed E-state index contributed by atoms with van der Waals surface area (Å²) in [7, 11) is 0. The first-order chi connectivity index (χ1) is 13.6. The van der Waals surface area contributed by atoms with Crippen molar-refractivity contribution in [3.05, 3.63) is 107 Å². The molecule has 0 radical (unpaired) electrons. The monoisotopic (exact) mass is 377 g/mol. The summed E-state index contributed by atoms with van der Waals surface area (Å²) in [5.74, 6) is -0.714. The Morgan fingerprint density at radius 3 is 2.46 bits per heavy atom. The number of aromatic nitrogens is 2. The lowest BCUT2D eigenvalue weighted by Gasteiger charge is -2.21. The van der Waals surface area contributed by atoms with E-state index in [2.05, 4.69) is 11.7 Å². The SMILES string of the molecule is C=CCN(CCc1ccccc1)C(=O)c1ccc(=O)n(-c2ccc(F)cc2)n1. The van der Waals surface area contributed by atoms with Crippen molar-refractivity contribution in [1.29, 1.82) is 0 Å². The molecular weight excluding hydrogens is 357 g/mol. The van der Waals surface area contributed by atoms with Crippen LogP contribution in [0.3, 0.4) is 0 Å². The van der Waals surface area contributed by atoms with Crippen LogP contribution in [0.25, 0.3) is 5.69 Å². The van der Waals surface area contributed by atoms with Crippen molar-refractivity contribution in [2.24, 2.45) is 0 Å². The summed E-state index contributed by atoms with van der Waals surface area (Å²) in [6.07, 6.45) is 2.34. The summed E-state index contributed by atoms with van der Waals surface area (Å²) in [6.45, 7) is 4.57. The second-order valence-corrected chi connectivity index (χ2v) is 6.22. The number of hydrogen-bond acceptors (Lipinski definition) is 3. The summed E-state index contributed by atoms with van der Waals surface area (Å²) >= 11 is 0. The zero-order valence-corrected chi connectivity index (χ0v) is 15.3. The van der Waals surface area contributed by atoms with Crippen LogP contribution in [0.5, 0.6) is 0 Å². The van der Waals surface area contributed by atoms with Gasteiger partial charge >= 0.3 is 0 Å². The maximum atomic E-state index is 13.1. The number of rotatable bonds is 7. The van der Waals surface area contributed by atoms with Gasteiger partial charge in [0.05, 0.1) is 5.69 Å². The lowest BCUT2D eigenvalue weighted by atomic mass is 10.1. The number of benzene rings is 2. The van der Waals surface area contributed by atoms with E-state index in [1.807, 2.05) is 30.3 Å². The topological polar surface area (TPSA) is 55.2 Å². The van der Waals surface area contributed by atoms with Gasteiger partial charge in [0.15, 0.2) is 0 Å². The lowest BCUT2D eigenvalue weighted by molar-refractivity contribution is 0.0767. The molecule has 0 bridgehead atoms. The predicted octanol–water partition coefficient (Wildman–Crippen LogP) is 3.24. The van der Waals surface area contributed by atoms with Crippen LogP contribution in [0.2, 0.25) is 0 Å². The summed E-state index contributed by atoms with van der Waals surface area (Å²) in [5.41, 5.74) is 1.25. The number of amides is 1. The number of halogens is 1. The van der Waals surface area contributed by atoms with E-state index in [0.717, 1.165) is 10.2 Å². The molecule has 0 aliphatic carbocycles. The second-order valence-electron chi connectivity index (χ2n) is 6.22. The van der Waals surface area contributed by atoms with Crippen LogP contribution < -0.4 is 5.56 Å². The van der Waals surface area contributed by atoms with Crippen molar-refractivity contribution in [1.82, 2.24) is 14.7 Å². The molecule has 2 aromatic carbocycles. The number of nitrogens with zero attached hydrogens (tertiary/aromatic N) is 3. The van der Waals surface area contributed by atoms with E-state index in [1.165, 1.54) is 36.4 Å². The van der Waals surface area contributed by atoms with Crippen molar-refractivity contribution in [3.8, 4) is 5.69 Å². The molecule has 5 nitrogen and oxygen atoms in total. The zero-order valence-electron chi connectivity index (χ0n) is 15.3. The molecule has 0 unspecified atom stereocenters. The Kier molecular flexibility index (Phi) is 6.11. The van der Waals surface area contributed by atoms with E-state index in [0.29, 0.717) is 25.2 Å². The molecule has 0 saturated heterocycles. The molecule has 1 heterocycles. The van der Waals surface area contributed by atoms with E-state index in [-0.39, 0.29) is 11.6 Å². The summed E-state index contributed by atoms with van der Waals surface area (Å²) in [5, 5.41) is 4.19. The Balaban J connectivity index is 1.84. The molecule has 0 saturated carbocycles. The molecule has 3 rings (SSSR count). The van der Waals surface area contributed by atoms with Crippen LogP contribution >= 0.6 is 0 Å². The van der Waals surface area contributed by atoms with Crippen molar-refractivity contribution in [2.45, 2.75) is 6.42 Å². The fourth-order valence-electron chi connectivity index (χ4n) is 2.79. The highest BCUT2D eigenvalue weighted by Gasteiger charge is 2.17. The molecule has 142 valence electrons. The Hall–Kier alpha value is -3.54. The highest BCUT2D eigenvalue weighted by atomic mass is 19.1. The van der Waals surface area contributed by atoms with E-state index >= 15 is 0 Å². The Labute approximate surface area is 162 Å². The molecule has 0 aliphatic heterocycles. The van der Waals surface area contributed by atoms with Gasteiger partial charge in [0.25, 0.3) is 11.5 Å². The van der Waals surface area contributed by atoms with Gasteiger partial charge in [-0.05, 0) is 42.3 Å². The van der Waals surface area contributed by atoms with E-state index in [1.54, 1.807) is 11.0 Å². The van der Waals surface area contributed by atoms with E-state index < -0.39 is 11.4 Å². The molecule has 0 aliphatic rings. The van der Waals surface area contributed by atoms with Crippen LogP contribution in [0.15, 0.2) is 84.2 Å². The molecule has 6 heteroatoms. The minimum Gasteiger partial charge on any atom is -0.333 e. The molecular formula is C22H20FN3O2. The first kappa shape index (κ1) is 19.2. The third kappa shape index (κ3) is 4.59. The highest BCUT2D eigenvalue weighted by Crippen LogP contribution is 2.08. The maximum Gasteiger partial charge on any atom is 0.274 e. The summed E-state index contributed by atoms with van der Waals surface area (Å²) < 4.78 is 14.2. The predicted molar refractivity (Wildman–Crippen MR) is 106 cm³/mol. The molecule has 0 atom stereocenters. The number of carbonyl (C=O) groups excluding carboxylic acids is 1. The fourth-order valence-corrected chi connectivity index (χ4v) is 2.79. The Morgan fingerprint density at radius 1 is 1.07 bits per heavy atom. The Bertz CT molecular complexity index is 1010. The standard InChI is InChI=1S/C22H20FN3O2/c1-2-15-25(16-14-17-6-4-3-5-7-17)22(28)20-12-13-21(27)26(24-20)19-10-8-18(23)9-11-19/h2-13H,1,14-16H2. The normalized spacial score (nSPS) is 10.5. The van der Waals surface area contributed by atoms with Crippen LogP contribution in [0.4, 0.5) is 4.39 Å². The van der Waals surface area contributed by atoms with Crippen molar-refractivity contribution >= 4 is 5.91 Å².